The van der Waals surface area contributed by atoms with E-state index in [4.69, 9.17) is 4.74 Å². The van der Waals surface area contributed by atoms with Crippen molar-refractivity contribution in [1.82, 2.24) is 0 Å². The SMILES string of the molecule is c1ccc(C2(c3ccc(-c4ccc5cccc6c5c4-c4ccccc4O6)cc3)c3ccccc3-c3c2ccc2ccccc32)cc1. The van der Waals surface area contributed by atoms with Crippen LogP contribution in [0.1, 0.15) is 22.3 Å². The number of hydrogen-bond acceptors (Lipinski definition) is 1. The fourth-order valence-corrected chi connectivity index (χ4v) is 8.26. The first-order valence-corrected chi connectivity index (χ1v) is 15.9. The summed E-state index contributed by atoms with van der Waals surface area (Å²) in [5.74, 6) is 1.82. The van der Waals surface area contributed by atoms with Crippen LogP contribution >= 0.6 is 0 Å². The normalized spacial score (nSPS) is 15.7. The molecule has 1 aliphatic carbocycles. The van der Waals surface area contributed by atoms with Crippen molar-refractivity contribution in [2.45, 2.75) is 5.41 Å². The van der Waals surface area contributed by atoms with E-state index in [2.05, 4.69) is 164 Å². The zero-order valence-electron chi connectivity index (χ0n) is 25.1. The zero-order valence-corrected chi connectivity index (χ0v) is 25.1. The molecule has 1 atom stereocenters. The molecule has 1 heterocycles. The summed E-state index contributed by atoms with van der Waals surface area (Å²) in [7, 11) is 0. The fourth-order valence-electron chi connectivity index (χ4n) is 8.26. The average molecular weight is 585 g/mol. The minimum absolute atomic E-state index is 0.443. The third kappa shape index (κ3) is 3.35. The third-order valence-electron chi connectivity index (χ3n) is 10.2. The molecule has 2 aliphatic rings. The van der Waals surface area contributed by atoms with Crippen LogP contribution in [-0.2, 0) is 5.41 Å². The van der Waals surface area contributed by atoms with E-state index in [0.29, 0.717) is 0 Å². The lowest BCUT2D eigenvalue weighted by atomic mass is 9.67. The number of rotatable bonds is 3. The molecule has 8 aromatic carbocycles. The van der Waals surface area contributed by atoms with E-state index in [9.17, 15) is 0 Å². The Hall–Kier alpha value is -5.92. The van der Waals surface area contributed by atoms with Gasteiger partial charge in [0.05, 0.1) is 5.41 Å². The summed E-state index contributed by atoms with van der Waals surface area (Å²) in [6.45, 7) is 0. The highest BCUT2D eigenvalue weighted by atomic mass is 16.5. The molecule has 0 amide bonds. The van der Waals surface area contributed by atoms with Crippen molar-refractivity contribution in [1.29, 1.82) is 0 Å². The summed E-state index contributed by atoms with van der Waals surface area (Å²) in [6, 6.07) is 62.1. The van der Waals surface area contributed by atoms with Crippen LogP contribution in [0.15, 0.2) is 170 Å². The van der Waals surface area contributed by atoms with E-state index in [1.165, 1.54) is 71.6 Å². The molecule has 0 saturated heterocycles. The fraction of sp³-hybridized carbons (Fsp3) is 0.0222. The first-order valence-electron chi connectivity index (χ1n) is 15.9. The molecule has 46 heavy (non-hydrogen) atoms. The monoisotopic (exact) mass is 584 g/mol. The second kappa shape index (κ2) is 9.54. The van der Waals surface area contributed by atoms with Crippen LogP contribution in [0.3, 0.4) is 0 Å². The first kappa shape index (κ1) is 25.4. The van der Waals surface area contributed by atoms with Gasteiger partial charge in [-0.05, 0) is 72.8 Å². The molecule has 0 N–H and O–H groups in total. The van der Waals surface area contributed by atoms with E-state index in [-0.39, 0.29) is 0 Å². The molecule has 1 aliphatic heterocycles. The Morgan fingerprint density at radius 3 is 1.93 bits per heavy atom. The van der Waals surface area contributed by atoms with Gasteiger partial charge in [0.15, 0.2) is 0 Å². The average Bonchev–Trinajstić information content (AvgIpc) is 3.44. The Kier molecular flexibility index (Phi) is 5.27. The van der Waals surface area contributed by atoms with Crippen LogP contribution < -0.4 is 4.74 Å². The lowest BCUT2D eigenvalue weighted by molar-refractivity contribution is 0.487. The van der Waals surface area contributed by atoms with Crippen molar-refractivity contribution in [3.05, 3.63) is 192 Å². The van der Waals surface area contributed by atoms with E-state index >= 15 is 0 Å². The highest BCUT2D eigenvalue weighted by Gasteiger charge is 2.46. The quantitative estimate of drug-likeness (QED) is 0.201. The van der Waals surface area contributed by atoms with Gasteiger partial charge in [0.2, 0.25) is 0 Å². The Morgan fingerprint density at radius 1 is 0.370 bits per heavy atom. The molecule has 1 unspecified atom stereocenters. The molecular formula is C45H28O. The van der Waals surface area contributed by atoms with Crippen LogP contribution in [0.5, 0.6) is 11.5 Å². The lowest BCUT2D eigenvalue weighted by Gasteiger charge is -2.34. The maximum atomic E-state index is 6.39. The minimum Gasteiger partial charge on any atom is -0.456 e. The van der Waals surface area contributed by atoms with E-state index in [1.54, 1.807) is 0 Å². The molecule has 214 valence electrons. The molecule has 0 spiro atoms. The van der Waals surface area contributed by atoms with Crippen LogP contribution in [0, 0.1) is 0 Å². The topological polar surface area (TPSA) is 9.23 Å². The Balaban J connectivity index is 1.24. The number of para-hydroxylation sites is 1. The van der Waals surface area contributed by atoms with E-state index < -0.39 is 5.41 Å². The summed E-state index contributed by atoms with van der Waals surface area (Å²) in [5, 5.41) is 4.93. The molecule has 0 fully saturated rings. The van der Waals surface area contributed by atoms with Gasteiger partial charge in [-0.2, -0.15) is 0 Å². The summed E-state index contributed by atoms with van der Waals surface area (Å²) in [6.07, 6.45) is 0. The lowest BCUT2D eigenvalue weighted by Crippen LogP contribution is -2.28. The summed E-state index contributed by atoms with van der Waals surface area (Å²) >= 11 is 0. The van der Waals surface area contributed by atoms with Crippen molar-refractivity contribution in [3.63, 3.8) is 0 Å². The third-order valence-corrected chi connectivity index (χ3v) is 10.2. The van der Waals surface area contributed by atoms with E-state index in [0.717, 1.165) is 17.1 Å². The molecule has 0 saturated carbocycles. The van der Waals surface area contributed by atoms with Gasteiger partial charge in [-0.3, -0.25) is 0 Å². The molecule has 1 nitrogen and oxygen atoms in total. The zero-order chi connectivity index (χ0) is 30.2. The molecule has 0 radical (unpaired) electrons. The molecular weight excluding hydrogens is 556 g/mol. The molecule has 0 bridgehead atoms. The van der Waals surface area contributed by atoms with Crippen molar-refractivity contribution >= 4 is 21.5 Å². The highest BCUT2D eigenvalue weighted by molar-refractivity contribution is 6.10. The molecule has 1 heteroatoms. The maximum absolute atomic E-state index is 6.39. The summed E-state index contributed by atoms with van der Waals surface area (Å²) < 4.78 is 6.39. The van der Waals surface area contributed by atoms with Crippen LogP contribution in [-0.4, -0.2) is 0 Å². The maximum Gasteiger partial charge on any atom is 0.135 e. The molecule has 0 aromatic heterocycles. The van der Waals surface area contributed by atoms with Crippen LogP contribution in [0.2, 0.25) is 0 Å². The van der Waals surface area contributed by atoms with Gasteiger partial charge in [0.1, 0.15) is 11.5 Å². The van der Waals surface area contributed by atoms with Crippen LogP contribution in [0.25, 0.3) is 54.9 Å². The number of hydrogen-bond donors (Lipinski definition) is 0. The Labute approximate surface area is 268 Å². The van der Waals surface area contributed by atoms with Crippen molar-refractivity contribution in [2.24, 2.45) is 0 Å². The van der Waals surface area contributed by atoms with Crippen molar-refractivity contribution < 1.29 is 4.74 Å². The summed E-state index contributed by atoms with van der Waals surface area (Å²) in [5.41, 5.74) is 12.2. The Morgan fingerprint density at radius 2 is 1.04 bits per heavy atom. The van der Waals surface area contributed by atoms with Gasteiger partial charge >= 0.3 is 0 Å². The second-order valence-corrected chi connectivity index (χ2v) is 12.4. The Bertz CT molecular complexity index is 2490. The van der Waals surface area contributed by atoms with Crippen molar-refractivity contribution in [3.8, 4) is 44.9 Å². The van der Waals surface area contributed by atoms with Gasteiger partial charge in [-0.25, -0.2) is 0 Å². The van der Waals surface area contributed by atoms with Gasteiger partial charge in [-0.15, -0.1) is 0 Å². The number of ether oxygens (including phenoxy) is 1. The van der Waals surface area contributed by atoms with Gasteiger partial charge < -0.3 is 4.74 Å². The minimum atomic E-state index is -0.443. The highest BCUT2D eigenvalue weighted by Crippen LogP contribution is 2.58. The van der Waals surface area contributed by atoms with Gasteiger partial charge in [-0.1, -0.05) is 158 Å². The van der Waals surface area contributed by atoms with Crippen molar-refractivity contribution in [2.75, 3.05) is 0 Å². The number of benzene rings is 8. The smallest absolute Gasteiger partial charge is 0.135 e. The van der Waals surface area contributed by atoms with Crippen LogP contribution in [0.4, 0.5) is 0 Å². The first-order chi connectivity index (χ1) is 22.8. The molecule has 10 rings (SSSR count). The van der Waals surface area contributed by atoms with E-state index in [1.807, 2.05) is 6.07 Å². The van der Waals surface area contributed by atoms with Gasteiger partial charge in [0, 0.05) is 16.5 Å². The second-order valence-electron chi connectivity index (χ2n) is 12.4. The number of fused-ring (bicyclic) bond motifs is 7. The predicted octanol–water partition coefficient (Wildman–Crippen LogP) is 11.8. The van der Waals surface area contributed by atoms with Gasteiger partial charge in [0.25, 0.3) is 0 Å². The largest absolute Gasteiger partial charge is 0.456 e. The standard InChI is InChI=1S/C45H28O/c1-2-13-32(14-3-1)45(38-18-8-6-16-36(38)43-34-15-5-4-11-29(34)24-28-39(43)45)33-25-21-30(22-26-33)35-27-23-31-12-10-20-41-42(31)44(35)37-17-7-9-19-40(37)46-41/h1-28H. The summed E-state index contributed by atoms with van der Waals surface area (Å²) in [4.78, 5) is 0. The predicted molar refractivity (Wildman–Crippen MR) is 190 cm³/mol. The molecule has 8 aromatic rings.